The van der Waals surface area contributed by atoms with Gasteiger partial charge in [0.25, 0.3) is 0 Å². The predicted octanol–water partition coefficient (Wildman–Crippen LogP) is 4.75. The zero-order valence-corrected chi connectivity index (χ0v) is 16.8. The molecule has 0 aliphatic carbocycles. The first-order valence-electron chi connectivity index (χ1n) is 9.96. The summed E-state index contributed by atoms with van der Waals surface area (Å²) in [5.74, 6) is 0.942. The zero-order chi connectivity index (χ0) is 19.2. The third kappa shape index (κ3) is 5.22. The van der Waals surface area contributed by atoms with Crippen LogP contribution in [0.15, 0.2) is 65.2 Å². The summed E-state index contributed by atoms with van der Waals surface area (Å²) in [6.45, 7) is 6.70. The van der Waals surface area contributed by atoms with Gasteiger partial charge in [0.15, 0.2) is 0 Å². The Morgan fingerprint density at radius 1 is 0.893 bits per heavy atom. The molecule has 3 aromatic rings. The second-order valence-corrected chi connectivity index (χ2v) is 7.83. The van der Waals surface area contributed by atoms with Gasteiger partial charge in [-0.1, -0.05) is 59.2 Å². The molecule has 1 aliphatic rings. The minimum absolute atomic E-state index is 0.716. The number of hydrogen-bond donors (Lipinski definition) is 0. The number of benzene rings is 2. The first kappa shape index (κ1) is 19.2. The van der Waals surface area contributed by atoms with Crippen molar-refractivity contribution in [1.82, 2.24) is 15.0 Å². The minimum Gasteiger partial charge on any atom is -0.361 e. The van der Waals surface area contributed by atoms with E-state index < -0.39 is 0 Å². The summed E-state index contributed by atoms with van der Waals surface area (Å²) in [6.07, 6.45) is 2.00. The molecule has 4 nitrogen and oxygen atoms in total. The molecule has 1 saturated heterocycles. The van der Waals surface area contributed by atoms with Crippen LogP contribution in [0.2, 0.25) is 5.02 Å². The second-order valence-electron chi connectivity index (χ2n) is 7.40. The Morgan fingerprint density at radius 2 is 1.68 bits per heavy atom. The van der Waals surface area contributed by atoms with Crippen LogP contribution in [0.3, 0.4) is 0 Å². The first-order chi connectivity index (χ1) is 13.8. The van der Waals surface area contributed by atoms with E-state index in [1.54, 1.807) is 0 Å². The molecule has 0 saturated carbocycles. The van der Waals surface area contributed by atoms with Crippen molar-refractivity contribution in [1.29, 1.82) is 0 Å². The summed E-state index contributed by atoms with van der Waals surface area (Å²) in [5, 5.41) is 4.91. The average molecular weight is 396 g/mol. The topological polar surface area (TPSA) is 32.5 Å². The molecule has 2 aromatic carbocycles. The van der Waals surface area contributed by atoms with Gasteiger partial charge in [-0.05, 0) is 30.7 Å². The molecule has 146 valence electrons. The number of rotatable bonds is 7. The van der Waals surface area contributed by atoms with Crippen molar-refractivity contribution >= 4 is 11.6 Å². The van der Waals surface area contributed by atoms with E-state index in [0.29, 0.717) is 5.02 Å². The molecule has 1 fully saturated rings. The maximum absolute atomic E-state index is 6.06. The van der Waals surface area contributed by atoms with Crippen LogP contribution in [0.4, 0.5) is 0 Å². The zero-order valence-electron chi connectivity index (χ0n) is 16.1. The lowest BCUT2D eigenvalue weighted by atomic mass is 10.1. The van der Waals surface area contributed by atoms with Crippen LogP contribution >= 0.6 is 11.6 Å². The molecule has 28 heavy (non-hydrogen) atoms. The van der Waals surface area contributed by atoms with Crippen molar-refractivity contribution in [2.75, 3.05) is 32.7 Å². The fraction of sp³-hybridized carbons (Fsp3) is 0.348. The van der Waals surface area contributed by atoms with Crippen molar-refractivity contribution in [3.05, 3.63) is 77.0 Å². The molecular formula is C23H26ClN3O. The highest BCUT2D eigenvalue weighted by Crippen LogP contribution is 2.23. The summed E-state index contributed by atoms with van der Waals surface area (Å²) in [5.41, 5.74) is 3.25. The summed E-state index contributed by atoms with van der Waals surface area (Å²) < 4.78 is 5.51. The van der Waals surface area contributed by atoms with Gasteiger partial charge in [0.1, 0.15) is 11.5 Å². The molecule has 2 heterocycles. The molecule has 4 rings (SSSR count). The molecule has 0 radical (unpaired) electrons. The second kappa shape index (κ2) is 9.37. The van der Waals surface area contributed by atoms with Crippen LogP contribution < -0.4 is 0 Å². The molecule has 1 aromatic heterocycles. The smallest absolute Gasteiger partial charge is 0.137 e. The van der Waals surface area contributed by atoms with Gasteiger partial charge >= 0.3 is 0 Å². The van der Waals surface area contributed by atoms with Crippen LogP contribution in [0, 0.1) is 0 Å². The van der Waals surface area contributed by atoms with Gasteiger partial charge in [0.2, 0.25) is 0 Å². The molecule has 0 amide bonds. The van der Waals surface area contributed by atoms with Crippen molar-refractivity contribution in [2.45, 2.75) is 19.4 Å². The number of aromatic nitrogens is 1. The standard InChI is InChI=1S/C23H26ClN3O/c24-21-9-4-8-20(16-21)23-17-22(28-25-23)10-5-11-26-12-14-27(15-13-26)18-19-6-2-1-3-7-19/h1-4,6-9,16-17H,5,10-15,18H2. The van der Waals surface area contributed by atoms with E-state index in [1.807, 2.05) is 30.3 Å². The van der Waals surface area contributed by atoms with Crippen molar-refractivity contribution in [2.24, 2.45) is 0 Å². The Kier molecular flexibility index (Phi) is 6.42. The third-order valence-electron chi connectivity index (χ3n) is 5.29. The van der Waals surface area contributed by atoms with E-state index in [1.165, 1.54) is 5.56 Å². The molecule has 0 spiro atoms. The van der Waals surface area contributed by atoms with E-state index in [9.17, 15) is 0 Å². The Hall–Kier alpha value is -2.14. The lowest BCUT2D eigenvalue weighted by Crippen LogP contribution is -2.46. The Balaban J connectivity index is 1.19. The summed E-state index contributed by atoms with van der Waals surface area (Å²) in [6, 6.07) is 20.5. The Morgan fingerprint density at radius 3 is 2.46 bits per heavy atom. The quantitative estimate of drug-likeness (QED) is 0.578. The van der Waals surface area contributed by atoms with Gasteiger partial charge in [-0.3, -0.25) is 4.90 Å². The summed E-state index contributed by atoms with van der Waals surface area (Å²) >= 11 is 6.06. The lowest BCUT2D eigenvalue weighted by molar-refractivity contribution is 0.126. The van der Waals surface area contributed by atoms with E-state index in [-0.39, 0.29) is 0 Å². The largest absolute Gasteiger partial charge is 0.361 e. The van der Waals surface area contributed by atoms with Crippen molar-refractivity contribution in [3.63, 3.8) is 0 Å². The molecule has 0 unspecified atom stereocenters. The Labute approximate surface area is 171 Å². The minimum atomic E-state index is 0.716. The van der Waals surface area contributed by atoms with E-state index in [2.05, 4.69) is 45.3 Å². The molecule has 0 atom stereocenters. The van der Waals surface area contributed by atoms with Gasteiger partial charge < -0.3 is 9.42 Å². The molecule has 5 heteroatoms. The third-order valence-corrected chi connectivity index (χ3v) is 5.53. The highest BCUT2D eigenvalue weighted by atomic mass is 35.5. The van der Waals surface area contributed by atoms with Crippen LogP contribution in [-0.2, 0) is 13.0 Å². The van der Waals surface area contributed by atoms with E-state index in [0.717, 1.165) is 69.1 Å². The fourth-order valence-corrected chi connectivity index (χ4v) is 3.89. The molecular weight excluding hydrogens is 370 g/mol. The average Bonchev–Trinajstić information content (AvgIpc) is 3.19. The number of halogens is 1. The monoisotopic (exact) mass is 395 g/mol. The maximum atomic E-state index is 6.06. The van der Waals surface area contributed by atoms with Crippen molar-refractivity contribution in [3.8, 4) is 11.3 Å². The Bertz CT molecular complexity index is 872. The van der Waals surface area contributed by atoms with Crippen molar-refractivity contribution < 1.29 is 4.52 Å². The van der Waals surface area contributed by atoms with Crippen LogP contribution in [0.1, 0.15) is 17.7 Å². The summed E-state index contributed by atoms with van der Waals surface area (Å²) in [4.78, 5) is 5.09. The lowest BCUT2D eigenvalue weighted by Gasteiger charge is -2.34. The summed E-state index contributed by atoms with van der Waals surface area (Å²) in [7, 11) is 0. The number of piperazine rings is 1. The fourth-order valence-electron chi connectivity index (χ4n) is 3.70. The van der Waals surface area contributed by atoms with E-state index >= 15 is 0 Å². The predicted molar refractivity (Wildman–Crippen MR) is 113 cm³/mol. The van der Waals surface area contributed by atoms with Crippen LogP contribution in [-0.4, -0.2) is 47.7 Å². The van der Waals surface area contributed by atoms with Crippen LogP contribution in [0.5, 0.6) is 0 Å². The van der Waals surface area contributed by atoms with Gasteiger partial charge in [0, 0.05) is 55.8 Å². The molecule has 0 N–H and O–H groups in total. The number of nitrogens with zero attached hydrogens (tertiary/aromatic N) is 3. The van der Waals surface area contributed by atoms with Gasteiger partial charge in [0.05, 0.1) is 0 Å². The number of hydrogen-bond acceptors (Lipinski definition) is 4. The SMILES string of the molecule is Clc1cccc(-c2cc(CCCN3CCN(Cc4ccccc4)CC3)on2)c1. The normalized spacial score (nSPS) is 15.8. The molecule has 0 bridgehead atoms. The maximum Gasteiger partial charge on any atom is 0.137 e. The van der Waals surface area contributed by atoms with Gasteiger partial charge in [-0.2, -0.15) is 0 Å². The number of aryl methyl sites for hydroxylation is 1. The van der Waals surface area contributed by atoms with E-state index in [4.69, 9.17) is 16.1 Å². The highest BCUT2D eigenvalue weighted by Gasteiger charge is 2.17. The molecule has 1 aliphatic heterocycles. The van der Waals surface area contributed by atoms with Gasteiger partial charge in [-0.25, -0.2) is 0 Å². The highest BCUT2D eigenvalue weighted by molar-refractivity contribution is 6.30. The first-order valence-corrected chi connectivity index (χ1v) is 10.3. The van der Waals surface area contributed by atoms with Gasteiger partial charge in [-0.15, -0.1) is 0 Å². The van der Waals surface area contributed by atoms with Crippen LogP contribution in [0.25, 0.3) is 11.3 Å².